The molecule has 2 aromatic rings. The molecule has 5 heteroatoms. The van der Waals surface area contributed by atoms with Crippen molar-refractivity contribution in [2.45, 2.75) is 31.6 Å². The third kappa shape index (κ3) is 5.51. The molecule has 2 aromatic carbocycles. The highest BCUT2D eigenvalue weighted by Gasteiger charge is 2.34. The van der Waals surface area contributed by atoms with E-state index in [0.717, 1.165) is 62.8 Å². The molecule has 0 saturated carbocycles. The van der Waals surface area contributed by atoms with E-state index in [-0.39, 0.29) is 5.41 Å². The topological polar surface area (TPSA) is 54.9 Å². The molecule has 0 aromatic heterocycles. The summed E-state index contributed by atoms with van der Waals surface area (Å²) in [7, 11) is 3.54. The Labute approximate surface area is 174 Å². The monoisotopic (exact) mass is 395 g/mol. The molecule has 1 aliphatic heterocycles. The van der Waals surface area contributed by atoms with Crippen molar-refractivity contribution in [1.82, 2.24) is 10.6 Å². The molecule has 1 aliphatic rings. The van der Waals surface area contributed by atoms with Crippen molar-refractivity contribution in [2.75, 3.05) is 40.5 Å². The number of guanidine groups is 1. The Morgan fingerprint density at radius 1 is 1.10 bits per heavy atom. The lowest BCUT2D eigenvalue weighted by atomic mass is 9.74. The number of rotatable bonds is 7. The van der Waals surface area contributed by atoms with Gasteiger partial charge in [-0.1, -0.05) is 42.5 Å². The van der Waals surface area contributed by atoms with Gasteiger partial charge in [0.2, 0.25) is 0 Å². The Hall–Kier alpha value is -2.53. The number of methoxy groups -OCH3 is 1. The second-order valence-electron chi connectivity index (χ2n) is 7.67. The fourth-order valence-electron chi connectivity index (χ4n) is 3.94. The highest BCUT2D eigenvalue weighted by molar-refractivity contribution is 5.79. The van der Waals surface area contributed by atoms with E-state index in [1.807, 2.05) is 7.05 Å². The van der Waals surface area contributed by atoms with Crippen molar-refractivity contribution in [1.29, 1.82) is 0 Å². The van der Waals surface area contributed by atoms with Crippen LogP contribution in [0.4, 0.5) is 0 Å². The first-order valence-electron chi connectivity index (χ1n) is 10.4. The second-order valence-corrected chi connectivity index (χ2v) is 7.67. The van der Waals surface area contributed by atoms with Gasteiger partial charge < -0.3 is 20.1 Å². The summed E-state index contributed by atoms with van der Waals surface area (Å²) in [5.74, 6) is 1.78. The Balaban J connectivity index is 1.56. The van der Waals surface area contributed by atoms with E-state index >= 15 is 0 Å². The number of ether oxygens (including phenoxy) is 2. The minimum atomic E-state index is 0.0848. The molecule has 3 rings (SSSR count). The van der Waals surface area contributed by atoms with E-state index in [1.54, 1.807) is 7.11 Å². The van der Waals surface area contributed by atoms with Gasteiger partial charge in [0.1, 0.15) is 5.75 Å². The van der Waals surface area contributed by atoms with E-state index in [9.17, 15) is 0 Å². The minimum absolute atomic E-state index is 0.0848. The first-order chi connectivity index (χ1) is 14.2. The van der Waals surface area contributed by atoms with E-state index < -0.39 is 0 Å². The lowest BCUT2D eigenvalue weighted by molar-refractivity contribution is 0.0514. The summed E-state index contributed by atoms with van der Waals surface area (Å²) >= 11 is 0. The lowest BCUT2D eigenvalue weighted by Gasteiger charge is -2.38. The van der Waals surface area contributed by atoms with Crippen LogP contribution in [0.1, 0.15) is 29.5 Å². The van der Waals surface area contributed by atoms with Crippen molar-refractivity contribution in [3.8, 4) is 5.75 Å². The van der Waals surface area contributed by atoms with Gasteiger partial charge in [-0.3, -0.25) is 4.99 Å². The maximum atomic E-state index is 5.64. The summed E-state index contributed by atoms with van der Waals surface area (Å²) in [6.45, 7) is 5.33. The molecule has 1 heterocycles. The van der Waals surface area contributed by atoms with E-state index in [2.05, 4.69) is 71.1 Å². The van der Waals surface area contributed by atoms with Crippen LogP contribution in [0, 0.1) is 6.92 Å². The normalized spacial score (nSPS) is 16.3. The number of hydrogen-bond donors (Lipinski definition) is 2. The Kier molecular flexibility index (Phi) is 7.53. The van der Waals surface area contributed by atoms with Crippen molar-refractivity contribution >= 4 is 5.96 Å². The summed E-state index contributed by atoms with van der Waals surface area (Å²) in [6.07, 6.45) is 2.95. The Morgan fingerprint density at radius 3 is 2.55 bits per heavy atom. The zero-order valence-electron chi connectivity index (χ0n) is 17.8. The number of aliphatic imine (C=N–C) groups is 1. The molecule has 0 atom stereocenters. The van der Waals surface area contributed by atoms with Gasteiger partial charge >= 0.3 is 0 Å². The van der Waals surface area contributed by atoms with Crippen LogP contribution in [0.5, 0.6) is 5.75 Å². The molecule has 0 aliphatic carbocycles. The average molecular weight is 396 g/mol. The predicted octanol–water partition coefficient (Wildman–Crippen LogP) is 3.46. The van der Waals surface area contributed by atoms with Gasteiger partial charge in [0.25, 0.3) is 0 Å². The highest BCUT2D eigenvalue weighted by atomic mass is 16.5. The maximum Gasteiger partial charge on any atom is 0.191 e. The second kappa shape index (κ2) is 10.3. The summed E-state index contributed by atoms with van der Waals surface area (Å²) in [5.41, 5.74) is 3.87. The molecular weight excluding hydrogens is 362 g/mol. The number of nitrogens with zero attached hydrogens (tertiary/aromatic N) is 1. The van der Waals surface area contributed by atoms with Crippen LogP contribution in [0.2, 0.25) is 0 Å². The van der Waals surface area contributed by atoms with Crippen LogP contribution in [0.25, 0.3) is 0 Å². The number of hydrogen-bond acceptors (Lipinski definition) is 3. The molecule has 156 valence electrons. The van der Waals surface area contributed by atoms with Crippen LogP contribution in [0.3, 0.4) is 0 Å². The largest absolute Gasteiger partial charge is 0.496 e. The standard InChI is InChI=1S/C24H33N3O2/c1-19-9-10-20(17-22(19)28-3)11-14-26-23(25-2)27-18-24(12-15-29-16-13-24)21-7-5-4-6-8-21/h4-10,17H,11-16,18H2,1-3H3,(H2,25,26,27). The van der Waals surface area contributed by atoms with E-state index in [4.69, 9.17) is 9.47 Å². The molecule has 0 amide bonds. The molecule has 0 radical (unpaired) electrons. The van der Waals surface area contributed by atoms with Crippen LogP contribution in [-0.2, 0) is 16.6 Å². The third-order valence-electron chi connectivity index (χ3n) is 5.83. The van der Waals surface area contributed by atoms with Gasteiger partial charge in [0, 0.05) is 38.8 Å². The third-order valence-corrected chi connectivity index (χ3v) is 5.83. The van der Waals surface area contributed by atoms with Gasteiger partial charge in [-0.15, -0.1) is 0 Å². The molecular formula is C24H33N3O2. The fraction of sp³-hybridized carbons (Fsp3) is 0.458. The minimum Gasteiger partial charge on any atom is -0.496 e. The molecule has 5 nitrogen and oxygen atoms in total. The molecule has 0 bridgehead atoms. The zero-order valence-corrected chi connectivity index (χ0v) is 17.8. The molecule has 2 N–H and O–H groups in total. The first kappa shape index (κ1) is 21.2. The first-order valence-corrected chi connectivity index (χ1v) is 10.4. The van der Waals surface area contributed by atoms with Gasteiger partial charge in [-0.25, -0.2) is 0 Å². The molecule has 1 fully saturated rings. The number of benzene rings is 2. The number of aryl methyl sites for hydroxylation is 1. The molecule has 1 saturated heterocycles. The zero-order chi connectivity index (χ0) is 20.5. The van der Waals surface area contributed by atoms with Gasteiger partial charge in [-0.05, 0) is 48.9 Å². The number of nitrogens with one attached hydrogen (secondary N) is 2. The Morgan fingerprint density at radius 2 is 1.86 bits per heavy atom. The molecule has 0 unspecified atom stereocenters. The molecule has 29 heavy (non-hydrogen) atoms. The van der Waals surface area contributed by atoms with Crippen LogP contribution >= 0.6 is 0 Å². The summed E-state index contributed by atoms with van der Waals surface area (Å²) in [4.78, 5) is 4.41. The quantitative estimate of drug-likeness (QED) is 0.557. The van der Waals surface area contributed by atoms with Crippen LogP contribution in [-0.4, -0.2) is 46.4 Å². The SMILES string of the molecule is CN=C(NCCc1ccc(C)c(OC)c1)NCC1(c2ccccc2)CCOCC1. The van der Waals surface area contributed by atoms with Gasteiger partial charge in [-0.2, -0.15) is 0 Å². The van der Waals surface area contributed by atoms with Crippen LogP contribution < -0.4 is 15.4 Å². The molecule has 0 spiro atoms. The van der Waals surface area contributed by atoms with E-state index in [0.29, 0.717) is 0 Å². The summed E-state index contributed by atoms with van der Waals surface area (Å²) < 4.78 is 11.1. The summed E-state index contributed by atoms with van der Waals surface area (Å²) in [5, 5.41) is 7.00. The van der Waals surface area contributed by atoms with Crippen LogP contribution in [0.15, 0.2) is 53.5 Å². The summed E-state index contributed by atoms with van der Waals surface area (Å²) in [6, 6.07) is 17.1. The van der Waals surface area contributed by atoms with Crippen molar-refractivity contribution in [3.63, 3.8) is 0 Å². The van der Waals surface area contributed by atoms with Gasteiger partial charge in [0.05, 0.1) is 7.11 Å². The van der Waals surface area contributed by atoms with E-state index in [1.165, 1.54) is 11.1 Å². The Bertz CT molecular complexity index is 799. The van der Waals surface area contributed by atoms with Crippen molar-refractivity contribution in [3.05, 3.63) is 65.2 Å². The highest BCUT2D eigenvalue weighted by Crippen LogP contribution is 2.34. The lowest BCUT2D eigenvalue weighted by Crippen LogP contribution is -2.48. The predicted molar refractivity (Wildman–Crippen MR) is 119 cm³/mol. The fourth-order valence-corrected chi connectivity index (χ4v) is 3.94. The smallest absolute Gasteiger partial charge is 0.191 e. The average Bonchev–Trinajstić information content (AvgIpc) is 2.78. The maximum absolute atomic E-state index is 5.64. The van der Waals surface area contributed by atoms with Gasteiger partial charge in [0.15, 0.2) is 5.96 Å². The van der Waals surface area contributed by atoms with Crippen molar-refractivity contribution < 1.29 is 9.47 Å². The van der Waals surface area contributed by atoms with Crippen molar-refractivity contribution in [2.24, 2.45) is 4.99 Å².